The maximum atomic E-state index is 13.9. The molecule has 6 nitrogen and oxygen atoms in total. The first kappa shape index (κ1) is 18.6. The molecular formula is C17H26FN3O3. The number of carbonyl (C=O) groups excluding carboxylic acids is 1. The number of carbonyl (C=O) groups is 1. The maximum Gasteiger partial charge on any atom is 0.317 e. The quantitative estimate of drug-likeness (QED) is 0.818. The summed E-state index contributed by atoms with van der Waals surface area (Å²) >= 11 is 0. The second-order valence-corrected chi connectivity index (χ2v) is 5.85. The average molecular weight is 339 g/mol. The fraction of sp³-hybridized carbons (Fsp3) is 0.588. The van der Waals surface area contributed by atoms with Gasteiger partial charge in [0.25, 0.3) is 0 Å². The molecule has 0 radical (unpaired) electrons. The summed E-state index contributed by atoms with van der Waals surface area (Å²) in [6, 6.07) is 6.39. The molecule has 1 aromatic rings. The number of likely N-dealkylation sites (N-methyl/N-ethyl adjacent to an activating group) is 1. The molecule has 134 valence electrons. The zero-order valence-corrected chi connectivity index (χ0v) is 14.3. The molecule has 2 amide bonds. The third kappa shape index (κ3) is 5.43. The van der Waals surface area contributed by atoms with E-state index in [0.717, 1.165) is 13.1 Å². The second-order valence-electron chi connectivity index (χ2n) is 5.85. The number of morpholine rings is 1. The fourth-order valence-electron chi connectivity index (χ4n) is 2.58. The number of nitrogens with one attached hydrogen (secondary N) is 1. The Kier molecular flexibility index (Phi) is 7.42. The average Bonchev–Trinajstić information content (AvgIpc) is 2.60. The summed E-state index contributed by atoms with van der Waals surface area (Å²) in [7, 11) is 3.65. The Balaban J connectivity index is 1.79. The highest BCUT2D eigenvalue weighted by Crippen LogP contribution is 2.24. The third-order valence-electron chi connectivity index (χ3n) is 4.05. The van der Waals surface area contributed by atoms with Gasteiger partial charge in [0.2, 0.25) is 0 Å². The summed E-state index contributed by atoms with van der Waals surface area (Å²) in [5.74, 6) is -0.301. The number of benzene rings is 1. The van der Waals surface area contributed by atoms with Crippen LogP contribution in [-0.2, 0) is 9.47 Å². The Bertz CT molecular complexity index is 530. The molecule has 24 heavy (non-hydrogen) atoms. The van der Waals surface area contributed by atoms with E-state index in [4.69, 9.17) is 9.47 Å². The summed E-state index contributed by atoms with van der Waals surface area (Å²) in [4.78, 5) is 16.0. The van der Waals surface area contributed by atoms with Gasteiger partial charge in [0, 0.05) is 38.9 Å². The fourth-order valence-corrected chi connectivity index (χ4v) is 2.58. The van der Waals surface area contributed by atoms with Crippen LogP contribution in [0, 0.1) is 5.82 Å². The third-order valence-corrected chi connectivity index (χ3v) is 4.05. The van der Waals surface area contributed by atoms with Gasteiger partial charge in [-0.15, -0.1) is 0 Å². The van der Waals surface area contributed by atoms with E-state index in [0.29, 0.717) is 38.4 Å². The Morgan fingerprint density at radius 1 is 1.46 bits per heavy atom. The minimum Gasteiger partial charge on any atom is -0.383 e. The number of nitrogens with zero attached hydrogens (tertiary/aromatic N) is 2. The zero-order chi connectivity index (χ0) is 17.4. The van der Waals surface area contributed by atoms with Crippen LogP contribution < -0.4 is 5.32 Å². The minimum absolute atomic E-state index is 0.139. The van der Waals surface area contributed by atoms with Crippen LogP contribution in [0.25, 0.3) is 0 Å². The van der Waals surface area contributed by atoms with Gasteiger partial charge in [-0.3, -0.25) is 0 Å². The molecule has 0 aliphatic carbocycles. The molecule has 7 heteroatoms. The van der Waals surface area contributed by atoms with E-state index < -0.39 is 6.10 Å². The summed E-state index contributed by atoms with van der Waals surface area (Å²) < 4.78 is 24.5. The number of hydrogen-bond acceptors (Lipinski definition) is 4. The normalized spacial score (nSPS) is 18.0. The molecule has 1 aliphatic rings. The monoisotopic (exact) mass is 339 g/mol. The van der Waals surface area contributed by atoms with Crippen LogP contribution in [0.15, 0.2) is 24.3 Å². The molecule has 1 N–H and O–H groups in total. The molecule has 1 aliphatic heterocycles. The van der Waals surface area contributed by atoms with Gasteiger partial charge in [-0.05, 0) is 13.1 Å². The largest absolute Gasteiger partial charge is 0.383 e. The molecule has 1 unspecified atom stereocenters. The summed E-state index contributed by atoms with van der Waals surface area (Å²) in [5.41, 5.74) is 0.495. The number of methoxy groups -OCH3 is 1. The van der Waals surface area contributed by atoms with Gasteiger partial charge in [-0.1, -0.05) is 18.2 Å². The van der Waals surface area contributed by atoms with E-state index in [2.05, 4.69) is 10.2 Å². The van der Waals surface area contributed by atoms with E-state index in [9.17, 15) is 9.18 Å². The van der Waals surface area contributed by atoms with Gasteiger partial charge in [-0.2, -0.15) is 0 Å². The molecule has 1 atom stereocenters. The number of rotatable bonds is 7. The molecular weight excluding hydrogens is 313 g/mol. The van der Waals surface area contributed by atoms with E-state index >= 15 is 0 Å². The summed E-state index contributed by atoms with van der Waals surface area (Å²) in [6.45, 7) is 4.05. The number of hydrogen-bond donors (Lipinski definition) is 1. The van der Waals surface area contributed by atoms with Crippen molar-refractivity contribution in [3.63, 3.8) is 0 Å². The summed E-state index contributed by atoms with van der Waals surface area (Å²) in [5, 5.41) is 2.90. The molecule has 1 heterocycles. The molecule has 0 saturated carbocycles. The molecule has 1 fully saturated rings. The lowest BCUT2D eigenvalue weighted by Crippen LogP contribution is -2.48. The molecule has 1 saturated heterocycles. The first-order valence-electron chi connectivity index (χ1n) is 8.18. The highest BCUT2D eigenvalue weighted by atomic mass is 19.1. The standard InChI is InChI=1S/C17H26FN3O3/c1-20(9-11-23-2)8-7-19-17(22)21-10-12-24-16(13-21)14-5-3-4-6-15(14)18/h3-6,16H,7-13H2,1-2H3,(H,19,22). The van der Waals surface area contributed by atoms with Crippen molar-refractivity contribution in [1.29, 1.82) is 0 Å². The number of urea groups is 1. The van der Waals surface area contributed by atoms with E-state index in [1.54, 1.807) is 30.2 Å². The van der Waals surface area contributed by atoms with Crippen molar-refractivity contribution in [2.45, 2.75) is 6.10 Å². The Labute approximate surface area is 142 Å². The lowest BCUT2D eigenvalue weighted by molar-refractivity contribution is -0.0171. The molecule has 0 aromatic heterocycles. The molecule has 0 spiro atoms. The van der Waals surface area contributed by atoms with Gasteiger partial charge < -0.3 is 24.6 Å². The SMILES string of the molecule is COCCN(C)CCNC(=O)N1CCOC(c2ccccc2F)C1. The van der Waals surface area contributed by atoms with Crippen LogP contribution >= 0.6 is 0 Å². The predicted molar refractivity (Wildman–Crippen MR) is 89.4 cm³/mol. The molecule has 1 aromatic carbocycles. The highest BCUT2D eigenvalue weighted by molar-refractivity contribution is 5.74. The van der Waals surface area contributed by atoms with Crippen molar-refractivity contribution < 1.29 is 18.7 Å². The van der Waals surface area contributed by atoms with Crippen molar-refractivity contribution in [2.75, 3.05) is 60.1 Å². The van der Waals surface area contributed by atoms with Gasteiger partial charge in [0.05, 0.1) is 19.8 Å². The van der Waals surface area contributed by atoms with Crippen LogP contribution in [0.3, 0.4) is 0 Å². The van der Waals surface area contributed by atoms with Crippen LogP contribution in [0.5, 0.6) is 0 Å². The van der Waals surface area contributed by atoms with Crippen LogP contribution in [0.4, 0.5) is 9.18 Å². The number of amides is 2. The topological polar surface area (TPSA) is 54.0 Å². The first-order valence-corrected chi connectivity index (χ1v) is 8.18. The van der Waals surface area contributed by atoms with Crippen LogP contribution in [0.1, 0.15) is 11.7 Å². The first-order chi connectivity index (χ1) is 11.6. The Hall–Kier alpha value is -1.70. The van der Waals surface area contributed by atoms with Gasteiger partial charge in [-0.25, -0.2) is 9.18 Å². The zero-order valence-electron chi connectivity index (χ0n) is 14.3. The number of ether oxygens (including phenoxy) is 2. The molecule has 0 bridgehead atoms. The van der Waals surface area contributed by atoms with Crippen molar-refractivity contribution >= 4 is 6.03 Å². The van der Waals surface area contributed by atoms with Gasteiger partial charge in [0.15, 0.2) is 0 Å². The van der Waals surface area contributed by atoms with Crippen molar-refractivity contribution in [2.24, 2.45) is 0 Å². The lowest BCUT2D eigenvalue weighted by atomic mass is 10.1. The maximum absolute atomic E-state index is 13.9. The minimum atomic E-state index is -0.421. The van der Waals surface area contributed by atoms with Crippen LogP contribution in [-0.4, -0.2) is 75.9 Å². The van der Waals surface area contributed by atoms with E-state index in [1.165, 1.54) is 6.07 Å². The highest BCUT2D eigenvalue weighted by Gasteiger charge is 2.26. The van der Waals surface area contributed by atoms with Crippen molar-refractivity contribution in [3.8, 4) is 0 Å². The van der Waals surface area contributed by atoms with E-state index in [-0.39, 0.29) is 11.8 Å². The molecule has 2 rings (SSSR count). The van der Waals surface area contributed by atoms with Crippen molar-refractivity contribution in [3.05, 3.63) is 35.6 Å². The second kappa shape index (κ2) is 9.56. The van der Waals surface area contributed by atoms with Crippen molar-refractivity contribution in [1.82, 2.24) is 15.1 Å². The van der Waals surface area contributed by atoms with Gasteiger partial charge in [0.1, 0.15) is 11.9 Å². The Morgan fingerprint density at radius 2 is 2.25 bits per heavy atom. The van der Waals surface area contributed by atoms with E-state index in [1.807, 2.05) is 7.05 Å². The Morgan fingerprint density at radius 3 is 3.00 bits per heavy atom. The smallest absolute Gasteiger partial charge is 0.317 e. The van der Waals surface area contributed by atoms with Gasteiger partial charge >= 0.3 is 6.03 Å². The number of halogens is 1. The summed E-state index contributed by atoms with van der Waals surface area (Å²) in [6.07, 6.45) is -0.421. The predicted octanol–water partition coefficient (Wildman–Crippen LogP) is 1.49. The van der Waals surface area contributed by atoms with Crippen LogP contribution in [0.2, 0.25) is 0 Å². The lowest BCUT2D eigenvalue weighted by Gasteiger charge is -2.33.